The van der Waals surface area contributed by atoms with Crippen molar-refractivity contribution in [3.8, 4) is 11.5 Å². The zero-order valence-electron chi connectivity index (χ0n) is 18.9. The van der Waals surface area contributed by atoms with Crippen LogP contribution in [0.2, 0.25) is 0 Å². The van der Waals surface area contributed by atoms with Crippen molar-refractivity contribution in [2.24, 2.45) is 5.10 Å². The summed E-state index contributed by atoms with van der Waals surface area (Å²) in [6, 6.07) is 20.1. The van der Waals surface area contributed by atoms with Crippen LogP contribution < -0.4 is 20.2 Å². The van der Waals surface area contributed by atoms with E-state index in [0.717, 1.165) is 28.1 Å². The van der Waals surface area contributed by atoms with E-state index in [-0.39, 0.29) is 24.8 Å². The highest BCUT2D eigenvalue weighted by Gasteiger charge is 2.06. The number of hydrogen-bond donors (Lipinski definition) is 2. The van der Waals surface area contributed by atoms with Crippen LogP contribution in [0, 0.1) is 13.8 Å². The van der Waals surface area contributed by atoms with Crippen LogP contribution in [0.5, 0.6) is 11.5 Å². The zero-order chi connectivity index (χ0) is 23.6. The number of carbonyl (C=O) groups is 2. The third kappa shape index (κ3) is 7.50. The van der Waals surface area contributed by atoms with Crippen molar-refractivity contribution in [1.29, 1.82) is 0 Å². The van der Waals surface area contributed by atoms with Crippen molar-refractivity contribution in [1.82, 2.24) is 5.43 Å². The first kappa shape index (κ1) is 23.5. The van der Waals surface area contributed by atoms with Gasteiger partial charge in [0, 0.05) is 5.69 Å². The Kier molecular flexibility index (Phi) is 8.18. The highest BCUT2D eigenvalue weighted by Crippen LogP contribution is 2.15. The number of hydrogen-bond acceptors (Lipinski definition) is 5. The van der Waals surface area contributed by atoms with Gasteiger partial charge in [-0.2, -0.15) is 5.10 Å². The van der Waals surface area contributed by atoms with Crippen LogP contribution in [0.3, 0.4) is 0 Å². The van der Waals surface area contributed by atoms with E-state index < -0.39 is 0 Å². The van der Waals surface area contributed by atoms with Crippen molar-refractivity contribution in [2.75, 3.05) is 19.0 Å². The Morgan fingerprint density at radius 1 is 0.909 bits per heavy atom. The lowest BCUT2D eigenvalue weighted by molar-refractivity contribution is -0.120. The van der Waals surface area contributed by atoms with E-state index in [2.05, 4.69) is 15.8 Å². The van der Waals surface area contributed by atoms with Gasteiger partial charge in [-0.3, -0.25) is 9.59 Å². The van der Waals surface area contributed by atoms with E-state index in [4.69, 9.17) is 9.47 Å². The van der Waals surface area contributed by atoms with Crippen molar-refractivity contribution in [3.05, 3.63) is 89.0 Å². The summed E-state index contributed by atoms with van der Waals surface area (Å²) < 4.78 is 10.7. The van der Waals surface area contributed by atoms with Crippen LogP contribution in [0.25, 0.3) is 0 Å². The maximum atomic E-state index is 12.2. The highest BCUT2D eigenvalue weighted by molar-refractivity contribution is 5.92. The number of hydrazone groups is 1. The molecule has 170 valence electrons. The topological polar surface area (TPSA) is 89.0 Å². The Balaban J connectivity index is 1.47. The third-order valence-corrected chi connectivity index (χ3v) is 4.95. The number of rotatable bonds is 9. The van der Waals surface area contributed by atoms with Gasteiger partial charge in [-0.05, 0) is 72.5 Å². The molecule has 7 nitrogen and oxygen atoms in total. The molecule has 0 aliphatic carbocycles. The van der Waals surface area contributed by atoms with Gasteiger partial charge in [0.1, 0.15) is 11.5 Å². The number of ether oxygens (including phenoxy) is 2. The van der Waals surface area contributed by atoms with Crippen molar-refractivity contribution >= 4 is 23.7 Å². The first-order chi connectivity index (χ1) is 15.9. The summed E-state index contributed by atoms with van der Waals surface area (Å²) in [5, 5.41) is 6.82. The SMILES string of the molecule is COc1ccc(CC(=O)N/N=C/c2cccc(OCC(=O)Nc3ccc(C)c(C)c3)c2)cc1. The van der Waals surface area contributed by atoms with E-state index in [9.17, 15) is 9.59 Å². The number of amides is 2. The summed E-state index contributed by atoms with van der Waals surface area (Å²) in [6.07, 6.45) is 1.73. The van der Waals surface area contributed by atoms with Gasteiger partial charge in [-0.15, -0.1) is 0 Å². The van der Waals surface area contributed by atoms with E-state index in [1.165, 1.54) is 11.8 Å². The predicted octanol–water partition coefficient (Wildman–Crippen LogP) is 4.02. The molecule has 0 heterocycles. The number of carbonyl (C=O) groups excluding carboxylic acids is 2. The fourth-order valence-electron chi connectivity index (χ4n) is 3.00. The minimum Gasteiger partial charge on any atom is -0.497 e. The molecule has 0 spiro atoms. The summed E-state index contributed by atoms with van der Waals surface area (Å²) in [5.74, 6) is 0.788. The molecule has 0 aliphatic rings. The normalized spacial score (nSPS) is 10.6. The van der Waals surface area contributed by atoms with Gasteiger partial charge in [-0.1, -0.05) is 30.3 Å². The van der Waals surface area contributed by atoms with Crippen LogP contribution in [-0.4, -0.2) is 31.7 Å². The molecular weight excluding hydrogens is 418 g/mol. The maximum absolute atomic E-state index is 12.2. The molecule has 7 heteroatoms. The molecule has 0 radical (unpaired) electrons. The molecular formula is C26H27N3O4. The van der Waals surface area contributed by atoms with Crippen LogP contribution in [0.15, 0.2) is 71.8 Å². The van der Waals surface area contributed by atoms with Crippen molar-refractivity contribution < 1.29 is 19.1 Å². The quantitative estimate of drug-likeness (QED) is 0.385. The lowest BCUT2D eigenvalue weighted by atomic mass is 10.1. The maximum Gasteiger partial charge on any atom is 0.262 e. The van der Waals surface area contributed by atoms with Gasteiger partial charge < -0.3 is 14.8 Å². The van der Waals surface area contributed by atoms with Gasteiger partial charge in [0.15, 0.2) is 6.61 Å². The smallest absolute Gasteiger partial charge is 0.262 e. The van der Waals surface area contributed by atoms with Crippen LogP contribution in [-0.2, 0) is 16.0 Å². The second kappa shape index (κ2) is 11.5. The van der Waals surface area contributed by atoms with Gasteiger partial charge in [0.2, 0.25) is 5.91 Å². The molecule has 3 aromatic rings. The molecule has 0 atom stereocenters. The highest BCUT2D eigenvalue weighted by atomic mass is 16.5. The number of nitrogens with one attached hydrogen (secondary N) is 2. The number of methoxy groups -OCH3 is 1. The van der Waals surface area contributed by atoms with Gasteiger partial charge in [0.05, 0.1) is 19.7 Å². The molecule has 3 rings (SSSR count). The molecule has 33 heavy (non-hydrogen) atoms. The van der Waals surface area contributed by atoms with E-state index in [1.807, 2.05) is 50.2 Å². The fourth-order valence-corrected chi connectivity index (χ4v) is 3.00. The molecule has 3 aromatic carbocycles. The summed E-state index contributed by atoms with van der Waals surface area (Å²) in [6.45, 7) is 3.90. The standard InChI is InChI=1S/C26H27N3O4/c1-18-7-10-22(13-19(18)2)28-26(31)17-33-24-6-4-5-21(14-24)16-27-29-25(30)15-20-8-11-23(32-3)12-9-20/h4-14,16H,15,17H2,1-3H3,(H,28,31)(H,29,30)/b27-16+. The summed E-state index contributed by atoms with van der Waals surface area (Å²) in [4.78, 5) is 24.2. The minimum absolute atomic E-state index is 0.119. The first-order valence-corrected chi connectivity index (χ1v) is 10.5. The first-order valence-electron chi connectivity index (χ1n) is 10.5. The van der Waals surface area contributed by atoms with Crippen LogP contribution in [0.4, 0.5) is 5.69 Å². The second-order valence-electron chi connectivity index (χ2n) is 7.53. The molecule has 0 aromatic heterocycles. The number of nitrogens with zero attached hydrogens (tertiary/aromatic N) is 1. The molecule has 0 saturated heterocycles. The average molecular weight is 446 g/mol. The largest absolute Gasteiger partial charge is 0.497 e. The van der Waals surface area contributed by atoms with Crippen LogP contribution >= 0.6 is 0 Å². The molecule has 0 bridgehead atoms. The lowest BCUT2D eigenvalue weighted by Gasteiger charge is -2.09. The Labute approximate surface area is 193 Å². The molecule has 2 N–H and O–H groups in total. The van der Waals surface area contributed by atoms with E-state index in [1.54, 1.807) is 37.4 Å². The molecule has 0 saturated carbocycles. The molecule has 0 unspecified atom stereocenters. The molecule has 2 amide bonds. The van der Waals surface area contributed by atoms with Gasteiger partial charge in [0.25, 0.3) is 5.91 Å². The Morgan fingerprint density at radius 2 is 1.70 bits per heavy atom. The van der Waals surface area contributed by atoms with Crippen molar-refractivity contribution in [3.63, 3.8) is 0 Å². The Morgan fingerprint density at radius 3 is 2.42 bits per heavy atom. The molecule has 0 fully saturated rings. The molecule has 0 aliphatic heterocycles. The minimum atomic E-state index is -0.247. The second-order valence-corrected chi connectivity index (χ2v) is 7.53. The van der Waals surface area contributed by atoms with Gasteiger partial charge in [-0.25, -0.2) is 5.43 Å². The summed E-state index contributed by atoms with van der Waals surface area (Å²) in [7, 11) is 1.59. The predicted molar refractivity (Wildman–Crippen MR) is 129 cm³/mol. The number of benzene rings is 3. The van der Waals surface area contributed by atoms with E-state index in [0.29, 0.717) is 5.75 Å². The van der Waals surface area contributed by atoms with Crippen molar-refractivity contribution in [2.45, 2.75) is 20.3 Å². The monoisotopic (exact) mass is 445 g/mol. The Bertz CT molecular complexity index is 1140. The third-order valence-electron chi connectivity index (χ3n) is 4.95. The van der Waals surface area contributed by atoms with E-state index >= 15 is 0 Å². The summed E-state index contributed by atoms with van der Waals surface area (Å²) >= 11 is 0. The summed E-state index contributed by atoms with van der Waals surface area (Å²) in [5.41, 5.74) is 7.10. The number of aryl methyl sites for hydroxylation is 2. The lowest BCUT2D eigenvalue weighted by Crippen LogP contribution is -2.20. The van der Waals surface area contributed by atoms with Gasteiger partial charge >= 0.3 is 0 Å². The fraction of sp³-hybridized carbons (Fsp3) is 0.192. The Hall–Kier alpha value is -4.13. The number of anilines is 1. The average Bonchev–Trinajstić information content (AvgIpc) is 2.81. The zero-order valence-corrected chi connectivity index (χ0v) is 18.9. The van der Waals surface area contributed by atoms with Crippen LogP contribution in [0.1, 0.15) is 22.3 Å².